The summed E-state index contributed by atoms with van der Waals surface area (Å²) in [7, 11) is 0. The van der Waals surface area contributed by atoms with Crippen LogP contribution in [0.15, 0.2) is 6.20 Å². The van der Waals surface area contributed by atoms with E-state index in [1.807, 2.05) is 0 Å². The molecule has 4 N–H and O–H groups in total. The number of aromatic amines is 2. The van der Waals surface area contributed by atoms with Gasteiger partial charge in [-0.25, -0.2) is 0 Å². The Labute approximate surface area is 51.9 Å². The van der Waals surface area contributed by atoms with Gasteiger partial charge in [0.1, 0.15) is 0 Å². The molecule has 0 fully saturated rings. The van der Waals surface area contributed by atoms with Crippen molar-refractivity contribution in [2.45, 2.75) is 6.54 Å². The summed E-state index contributed by atoms with van der Waals surface area (Å²) < 4.78 is 0.630. The number of aromatic nitrogens is 2. The van der Waals surface area contributed by atoms with E-state index in [1.54, 1.807) is 6.20 Å². The van der Waals surface area contributed by atoms with Crippen LogP contribution >= 0.6 is 12.2 Å². The van der Waals surface area contributed by atoms with Crippen molar-refractivity contribution in [3.05, 3.63) is 16.7 Å². The van der Waals surface area contributed by atoms with Gasteiger partial charge in [0.15, 0.2) is 4.77 Å². The van der Waals surface area contributed by atoms with Gasteiger partial charge in [0.2, 0.25) is 0 Å². The summed E-state index contributed by atoms with van der Waals surface area (Å²) in [5, 5.41) is 0. The Morgan fingerprint density at radius 1 is 1.75 bits per heavy atom. The van der Waals surface area contributed by atoms with E-state index in [-0.39, 0.29) is 0 Å². The highest BCUT2D eigenvalue weighted by atomic mass is 32.1. The van der Waals surface area contributed by atoms with Crippen LogP contribution < -0.4 is 5.73 Å². The summed E-state index contributed by atoms with van der Waals surface area (Å²) >= 11 is 4.73. The largest absolute Gasteiger partial charge is 0.337 e. The first kappa shape index (κ1) is 5.53. The first-order valence-electron chi connectivity index (χ1n) is 2.29. The number of hydrogen-bond acceptors (Lipinski definition) is 2. The second kappa shape index (κ2) is 2.11. The molecule has 0 aromatic carbocycles. The Hall–Kier alpha value is -0.610. The van der Waals surface area contributed by atoms with Gasteiger partial charge in [-0.05, 0) is 12.2 Å². The predicted octanol–water partition coefficient (Wildman–Crippen LogP) is 0.531. The highest BCUT2D eigenvalue weighted by Crippen LogP contribution is 1.88. The Kier molecular flexibility index (Phi) is 1.45. The lowest BCUT2D eigenvalue weighted by Gasteiger charge is -1.80. The van der Waals surface area contributed by atoms with E-state index in [1.165, 1.54) is 0 Å². The standard InChI is InChI=1S/C4H7N3S/c5-1-3-2-6-4(8)7-3/h2H,1,5H2,(H2,6,7,8). The lowest BCUT2D eigenvalue weighted by atomic mass is 10.5. The zero-order valence-electron chi connectivity index (χ0n) is 4.27. The molecular weight excluding hydrogens is 122 g/mol. The maximum Gasteiger partial charge on any atom is 0.174 e. The maximum absolute atomic E-state index is 5.27. The molecule has 0 spiro atoms. The first-order valence-corrected chi connectivity index (χ1v) is 2.70. The fraction of sp³-hybridized carbons (Fsp3) is 0.250. The molecule has 1 aromatic heterocycles. The minimum Gasteiger partial charge on any atom is -0.337 e. The molecule has 8 heavy (non-hydrogen) atoms. The molecule has 0 saturated carbocycles. The zero-order valence-corrected chi connectivity index (χ0v) is 5.09. The monoisotopic (exact) mass is 129 g/mol. The quantitative estimate of drug-likeness (QED) is 0.484. The van der Waals surface area contributed by atoms with Crippen molar-refractivity contribution in [2.75, 3.05) is 0 Å². The van der Waals surface area contributed by atoms with E-state index in [9.17, 15) is 0 Å². The van der Waals surface area contributed by atoms with Gasteiger partial charge in [-0.15, -0.1) is 0 Å². The summed E-state index contributed by atoms with van der Waals surface area (Å²) in [6.45, 7) is 0.507. The lowest BCUT2D eigenvalue weighted by Crippen LogP contribution is -1.94. The molecule has 0 bridgehead atoms. The van der Waals surface area contributed by atoms with Gasteiger partial charge >= 0.3 is 0 Å². The summed E-state index contributed by atoms with van der Waals surface area (Å²) in [5.41, 5.74) is 6.21. The van der Waals surface area contributed by atoms with Crippen LogP contribution in [0, 0.1) is 4.77 Å². The zero-order chi connectivity index (χ0) is 5.98. The summed E-state index contributed by atoms with van der Waals surface area (Å²) in [4.78, 5) is 5.66. The first-order chi connectivity index (χ1) is 3.83. The second-order valence-electron chi connectivity index (χ2n) is 1.47. The molecule has 0 aliphatic heterocycles. The van der Waals surface area contributed by atoms with Gasteiger partial charge in [-0.2, -0.15) is 0 Å². The van der Waals surface area contributed by atoms with Crippen molar-refractivity contribution in [2.24, 2.45) is 5.73 Å². The van der Waals surface area contributed by atoms with E-state index in [0.717, 1.165) is 5.69 Å². The highest BCUT2D eigenvalue weighted by molar-refractivity contribution is 7.71. The normalized spacial score (nSPS) is 9.62. The summed E-state index contributed by atoms with van der Waals surface area (Å²) in [6, 6.07) is 0. The molecule has 0 saturated heterocycles. The molecule has 1 aromatic rings. The molecule has 3 nitrogen and oxygen atoms in total. The Balaban J connectivity index is 3.01. The fourth-order valence-corrected chi connectivity index (χ4v) is 0.671. The third-order valence-corrected chi connectivity index (χ3v) is 1.09. The van der Waals surface area contributed by atoms with Gasteiger partial charge in [0, 0.05) is 18.4 Å². The molecular formula is C4H7N3S. The van der Waals surface area contributed by atoms with Crippen LogP contribution in [0.25, 0.3) is 0 Å². The number of imidazole rings is 1. The van der Waals surface area contributed by atoms with Crippen molar-refractivity contribution >= 4 is 12.2 Å². The number of hydrogen-bond donors (Lipinski definition) is 3. The molecule has 44 valence electrons. The fourth-order valence-electron chi connectivity index (χ4n) is 0.481. The average Bonchev–Trinajstić information content (AvgIpc) is 2.14. The third kappa shape index (κ3) is 0.962. The van der Waals surface area contributed by atoms with E-state index >= 15 is 0 Å². The number of nitrogens with one attached hydrogen (secondary N) is 2. The van der Waals surface area contributed by atoms with Gasteiger partial charge in [-0.1, -0.05) is 0 Å². The Morgan fingerprint density at radius 2 is 2.50 bits per heavy atom. The van der Waals surface area contributed by atoms with Crippen LogP contribution in [-0.4, -0.2) is 9.97 Å². The summed E-state index contributed by atoms with van der Waals surface area (Å²) in [5.74, 6) is 0. The topological polar surface area (TPSA) is 57.6 Å². The minimum atomic E-state index is 0.507. The van der Waals surface area contributed by atoms with Gasteiger partial charge in [0.25, 0.3) is 0 Å². The molecule has 1 heterocycles. The molecule has 0 radical (unpaired) electrons. The van der Waals surface area contributed by atoms with E-state index in [0.29, 0.717) is 11.3 Å². The molecule has 0 amide bonds. The van der Waals surface area contributed by atoms with E-state index < -0.39 is 0 Å². The van der Waals surface area contributed by atoms with Crippen LogP contribution in [-0.2, 0) is 6.54 Å². The van der Waals surface area contributed by atoms with E-state index in [4.69, 9.17) is 18.0 Å². The molecule has 0 atom stereocenters. The van der Waals surface area contributed by atoms with Crippen LogP contribution in [0.5, 0.6) is 0 Å². The van der Waals surface area contributed by atoms with Gasteiger partial charge in [-0.3, -0.25) is 0 Å². The summed E-state index contributed by atoms with van der Waals surface area (Å²) in [6.07, 6.45) is 1.77. The average molecular weight is 129 g/mol. The van der Waals surface area contributed by atoms with Crippen LogP contribution in [0.1, 0.15) is 5.69 Å². The van der Waals surface area contributed by atoms with Crippen molar-refractivity contribution in [1.82, 2.24) is 9.97 Å². The highest BCUT2D eigenvalue weighted by Gasteiger charge is 1.85. The van der Waals surface area contributed by atoms with Crippen molar-refractivity contribution < 1.29 is 0 Å². The number of rotatable bonds is 1. The molecule has 0 aliphatic rings. The number of nitrogens with two attached hydrogens (primary N) is 1. The van der Waals surface area contributed by atoms with Gasteiger partial charge < -0.3 is 15.7 Å². The van der Waals surface area contributed by atoms with Crippen LogP contribution in [0.2, 0.25) is 0 Å². The van der Waals surface area contributed by atoms with Crippen molar-refractivity contribution in [1.29, 1.82) is 0 Å². The molecule has 0 aliphatic carbocycles. The lowest BCUT2D eigenvalue weighted by molar-refractivity contribution is 1.01. The van der Waals surface area contributed by atoms with Crippen LogP contribution in [0.4, 0.5) is 0 Å². The van der Waals surface area contributed by atoms with Crippen molar-refractivity contribution in [3.63, 3.8) is 0 Å². The second-order valence-corrected chi connectivity index (χ2v) is 1.88. The Bertz CT molecular complexity index is 211. The minimum absolute atomic E-state index is 0.507. The van der Waals surface area contributed by atoms with E-state index in [2.05, 4.69) is 9.97 Å². The maximum atomic E-state index is 5.27. The SMILES string of the molecule is NCc1c[nH]c(=S)[nH]1. The molecule has 4 heteroatoms. The number of H-pyrrole nitrogens is 2. The third-order valence-electron chi connectivity index (χ3n) is 0.871. The predicted molar refractivity (Wildman–Crippen MR) is 33.9 cm³/mol. The van der Waals surface area contributed by atoms with Crippen molar-refractivity contribution in [3.8, 4) is 0 Å². The van der Waals surface area contributed by atoms with Gasteiger partial charge in [0.05, 0.1) is 0 Å². The Morgan fingerprint density at radius 3 is 2.75 bits per heavy atom. The molecule has 1 rings (SSSR count). The smallest absolute Gasteiger partial charge is 0.174 e. The molecule has 0 unspecified atom stereocenters. The van der Waals surface area contributed by atoms with Crippen LogP contribution in [0.3, 0.4) is 0 Å².